The van der Waals surface area contributed by atoms with Crippen LogP contribution in [0.1, 0.15) is 0 Å². The second kappa shape index (κ2) is 8.52. The van der Waals surface area contributed by atoms with Gasteiger partial charge in [-0.15, -0.1) is 0 Å². The van der Waals surface area contributed by atoms with E-state index >= 15 is 0 Å². The van der Waals surface area contributed by atoms with Crippen molar-refractivity contribution >= 4 is 43.1 Å². The lowest BCUT2D eigenvalue weighted by atomic mass is 9.88. The summed E-state index contributed by atoms with van der Waals surface area (Å²) in [6, 6.07) is 36.7. The van der Waals surface area contributed by atoms with E-state index in [-0.39, 0.29) is 0 Å². The second-order valence-electron chi connectivity index (χ2n) is 9.19. The highest BCUT2D eigenvalue weighted by Gasteiger charge is 2.26. The molecule has 0 saturated heterocycles. The van der Waals surface area contributed by atoms with Crippen molar-refractivity contribution in [2.75, 3.05) is 0 Å². The number of fused-ring (bicyclic) bond motifs is 6. The fourth-order valence-electron chi connectivity index (χ4n) is 5.97. The van der Waals surface area contributed by atoms with Crippen molar-refractivity contribution in [1.29, 1.82) is 10.5 Å². The Morgan fingerprint density at radius 2 is 0.737 bits per heavy atom. The Balaban J connectivity index is 1.97. The van der Waals surface area contributed by atoms with Crippen LogP contribution in [0.4, 0.5) is 0 Å². The van der Waals surface area contributed by atoms with E-state index in [1.165, 1.54) is 0 Å². The lowest BCUT2D eigenvalue weighted by Gasteiger charge is -2.14. The van der Waals surface area contributed by atoms with Crippen molar-refractivity contribution in [3.63, 3.8) is 0 Å². The fourth-order valence-corrected chi connectivity index (χ4v) is 5.97. The van der Waals surface area contributed by atoms with Crippen molar-refractivity contribution < 1.29 is 0 Å². The molecule has 0 saturated carbocycles. The fraction of sp³-hybridized carbons (Fsp3) is 0. The summed E-state index contributed by atoms with van der Waals surface area (Å²) in [6.45, 7) is 0. The van der Waals surface area contributed by atoms with Gasteiger partial charge in [0.1, 0.15) is 0 Å². The lowest BCUT2D eigenvalue weighted by molar-refractivity contribution is 1.37. The van der Waals surface area contributed by atoms with Crippen LogP contribution >= 0.6 is 0 Å². The van der Waals surface area contributed by atoms with Gasteiger partial charge in [-0.3, -0.25) is 0 Å². The molecular weight excluding hydrogens is 464 g/mol. The number of hydrogen-bond acceptors (Lipinski definition) is 4. The molecule has 0 aromatic heterocycles. The summed E-state index contributed by atoms with van der Waals surface area (Å²) in [5, 5.41) is 28.7. The molecule has 0 aliphatic carbocycles. The van der Waals surface area contributed by atoms with Crippen LogP contribution in [-0.2, 0) is 0 Å². The Hall–Kier alpha value is -5.58. The summed E-state index contributed by atoms with van der Waals surface area (Å²) in [5.41, 5.74) is 4.03. The van der Waals surface area contributed by atoms with Crippen molar-refractivity contribution in [3.05, 3.63) is 120 Å². The first-order valence-corrected chi connectivity index (χ1v) is 12.3. The Kier molecular flexibility index (Phi) is 4.86. The molecule has 7 aromatic rings. The van der Waals surface area contributed by atoms with Gasteiger partial charge < -0.3 is 0 Å². The molecule has 174 valence electrons. The van der Waals surface area contributed by atoms with Crippen molar-refractivity contribution in [2.24, 2.45) is 9.98 Å². The third-order valence-corrected chi connectivity index (χ3v) is 7.33. The summed E-state index contributed by atoms with van der Waals surface area (Å²) in [5.74, 6) is 0. The van der Waals surface area contributed by atoms with Gasteiger partial charge in [-0.2, -0.15) is 20.5 Å². The number of benzene rings is 5. The van der Waals surface area contributed by atoms with Gasteiger partial charge in [0.25, 0.3) is 0 Å². The maximum absolute atomic E-state index is 9.80. The Morgan fingerprint density at radius 1 is 0.395 bits per heavy atom. The molecule has 4 heteroatoms. The first-order valence-electron chi connectivity index (χ1n) is 12.3. The monoisotopic (exact) mass is 482 g/mol. The Bertz CT molecular complexity index is 2070. The zero-order valence-electron chi connectivity index (χ0n) is 20.2. The van der Waals surface area contributed by atoms with Crippen LogP contribution in [0.5, 0.6) is 0 Å². The molecule has 4 nitrogen and oxygen atoms in total. The van der Waals surface area contributed by atoms with Gasteiger partial charge in [0.15, 0.2) is 0 Å². The highest BCUT2D eigenvalue weighted by atomic mass is 14.7. The molecule has 0 radical (unpaired) electrons. The summed E-state index contributed by atoms with van der Waals surface area (Å²) in [7, 11) is 0. The first kappa shape index (κ1) is 21.7. The van der Waals surface area contributed by atoms with Crippen molar-refractivity contribution in [2.45, 2.75) is 0 Å². The van der Waals surface area contributed by atoms with E-state index in [0.29, 0.717) is 10.7 Å². The molecule has 0 spiro atoms. The SMILES string of the molecule is N#CN=c1c2ccccc2c2c(-c3ccccc3)c3c(=NC#N)c4ccccc4c3c(-c3ccccc3)c12. The molecule has 0 bridgehead atoms. The number of rotatable bonds is 2. The van der Waals surface area contributed by atoms with E-state index in [2.05, 4.69) is 58.8 Å². The smallest absolute Gasteiger partial charge is 0.172 e. The van der Waals surface area contributed by atoms with Crippen LogP contribution in [0.2, 0.25) is 0 Å². The third kappa shape index (κ3) is 2.95. The highest BCUT2D eigenvalue weighted by Crippen LogP contribution is 2.47. The van der Waals surface area contributed by atoms with Gasteiger partial charge in [0, 0.05) is 43.4 Å². The van der Waals surface area contributed by atoms with Gasteiger partial charge in [-0.05, 0) is 21.9 Å². The summed E-state index contributed by atoms with van der Waals surface area (Å²) in [6.07, 6.45) is 4.13. The zero-order chi connectivity index (χ0) is 25.6. The molecule has 0 aliphatic rings. The van der Waals surface area contributed by atoms with Gasteiger partial charge in [-0.25, -0.2) is 0 Å². The third-order valence-electron chi connectivity index (χ3n) is 7.33. The normalized spacial score (nSPS) is 12.5. The molecule has 0 N–H and O–H groups in total. The van der Waals surface area contributed by atoms with E-state index in [1.807, 2.05) is 72.8 Å². The molecule has 0 unspecified atom stereocenters. The molecule has 0 heterocycles. The van der Waals surface area contributed by atoms with E-state index in [9.17, 15) is 10.5 Å². The highest BCUT2D eigenvalue weighted by molar-refractivity contribution is 6.34. The predicted molar refractivity (Wildman–Crippen MR) is 152 cm³/mol. The minimum absolute atomic E-state index is 0.667. The molecule has 0 amide bonds. The van der Waals surface area contributed by atoms with Crippen LogP contribution < -0.4 is 10.7 Å². The van der Waals surface area contributed by atoms with Gasteiger partial charge >= 0.3 is 0 Å². The second-order valence-corrected chi connectivity index (χ2v) is 9.19. The van der Waals surface area contributed by atoms with E-state index in [4.69, 9.17) is 0 Å². The molecule has 7 aromatic carbocycles. The molecule has 0 aliphatic heterocycles. The Labute approximate surface area is 218 Å². The first-order chi connectivity index (χ1) is 18.8. The maximum Gasteiger partial charge on any atom is 0.206 e. The zero-order valence-corrected chi connectivity index (χ0v) is 20.2. The predicted octanol–water partition coefficient (Wildman–Crippen LogP) is 7.27. The topological polar surface area (TPSA) is 72.3 Å². The van der Waals surface area contributed by atoms with Crippen LogP contribution in [-0.4, -0.2) is 0 Å². The van der Waals surface area contributed by atoms with Crippen molar-refractivity contribution in [3.8, 4) is 34.6 Å². The van der Waals surface area contributed by atoms with Gasteiger partial charge in [0.2, 0.25) is 12.4 Å². The molecule has 0 fully saturated rings. The summed E-state index contributed by atoms with van der Waals surface area (Å²) in [4.78, 5) is 8.81. The molecular formula is C34H18N4. The average molecular weight is 483 g/mol. The number of nitrogens with zero attached hydrogens (tertiary/aromatic N) is 4. The largest absolute Gasteiger partial charge is 0.206 e. The van der Waals surface area contributed by atoms with Crippen LogP contribution in [0.3, 0.4) is 0 Å². The van der Waals surface area contributed by atoms with E-state index in [0.717, 1.165) is 65.3 Å². The maximum atomic E-state index is 9.80. The molecule has 7 rings (SSSR count). The van der Waals surface area contributed by atoms with E-state index < -0.39 is 0 Å². The van der Waals surface area contributed by atoms with Crippen LogP contribution in [0.25, 0.3) is 65.3 Å². The lowest BCUT2D eigenvalue weighted by Crippen LogP contribution is -2.03. The van der Waals surface area contributed by atoms with Crippen molar-refractivity contribution in [1.82, 2.24) is 0 Å². The number of nitriles is 2. The van der Waals surface area contributed by atoms with Crippen LogP contribution in [0.15, 0.2) is 119 Å². The number of hydrogen-bond donors (Lipinski definition) is 0. The Morgan fingerprint density at radius 3 is 1.11 bits per heavy atom. The quantitative estimate of drug-likeness (QED) is 0.243. The summed E-state index contributed by atoms with van der Waals surface area (Å²) >= 11 is 0. The summed E-state index contributed by atoms with van der Waals surface area (Å²) < 4.78 is 0. The molecule has 0 atom stereocenters. The minimum atomic E-state index is 0.667. The van der Waals surface area contributed by atoms with Gasteiger partial charge in [-0.1, -0.05) is 109 Å². The van der Waals surface area contributed by atoms with E-state index in [1.54, 1.807) is 0 Å². The van der Waals surface area contributed by atoms with Gasteiger partial charge in [0.05, 0.1) is 10.7 Å². The minimum Gasteiger partial charge on any atom is -0.172 e. The molecule has 38 heavy (non-hydrogen) atoms. The van der Waals surface area contributed by atoms with Crippen LogP contribution in [0, 0.1) is 22.9 Å². The average Bonchev–Trinajstić information content (AvgIpc) is 3.47. The standard InChI is InChI=1S/C34H18N4/c35-19-37-33-26-18-10-8-16-24(26)30-28(22-13-5-2-6-14-22)32-29(27(31(30)33)21-11-3-1-4-12-21)23-15-7-9-17-25(23)34(32)38-20-36/h1-18H.